The lowest BCUT2D eigenvalue weighted by Crippen LogP contribution is -2.27. The van der Waals surface area contributed by atoms with Gasteiger partial charge in [-0.05, 0) is 67.8 Å². The maximum atomic E-state index is 12.3. The van der Waals surface area contributed by atoms with Gasteiger partial charge in [0, 0.05) is 30.8 Å². The number of amides is 2. The van der Waals surface area contributed by atoms with E-state index in [2.05, 4.69) is 5.32 Å². The fraction of sp³-hybridized carbons (Fsp3) is 0.364. The number of carbonyl (C=O) groups is 2. The summed E-state index contributed by atoms with van der Waals surface area (Å²) in [6.45, 7) is 2.12. The Morgan fingerprint density at radius 2 is 1.61 bits per heavy atom. The molecule has 0 aromatic heterocycles. The maximum absolute atomic E-state index is 12.3. The van der Waals surface area contributed by atoms with Gasteiger partial charge < -0.3 is 19.7 Å². The van der Waals surface area contributed by atoms with Crippen LogP contribution in [0.15, 0.2) is 48.5 Å². The minimum Gasteiger partial charge on any atom is -0.497 e. The number of benzene rings is 2. The average molecular weight is 382 g/mol. The molecule has 148 valence electrons. The van der Waals surface area contributed by atoms with E-state index in [0.717, 1.165) is 37.4 Å². The van der Waals surface area contributed by atoms with Crippen LogP contribution in [0.3, 0.4) is 0 Å². The van der Waals surface area contributed by atoms with E-state index in [4.69, 9.17) is 9.47 Å². The number of nitrogens with zero attached hydrogens (tertiary/aromatic N) is 1. The zero-order chi connectivity index (χ0) is 19.8. The Bertz CT molecular complexity index is 781. The van der Waals surface area contributed by atoms with E-state index in [1.165, 1.54) is 0 Å². The molecule has 1 N–H and O–H groups in total. The van der Waals surface area contributed by atoms with Gasteiger partial charge in [-0.3, -0.25) is 9.59 Å². The Hall–Kier alpha value is -3.02. The molecule has 6 nitrogen and oxygen atoms in total. The van der Waals surface area contributed by atoms with Crippen LogP contribution in [0.2, 0.25) is 0 Å². The number of hydrogen-bond acceptors (Lipinski definition) is 4. The van der Waals surface area contributed by atoms with Gasteiger partial charge in [0.25, 0.3) is 5.91 Å². The number of likely N-dealkylation sites (tertiary alicyclic amines) is 1. The molecule has 0 aliphatic carbocycles. The van der Waals surface area contributed by atoms with Crippen molar-refractivity contribution in [3.63, 3.8) is 0 Å². The topological polar surface area (TPSA) is 67.9 Å². The lowest BCUT2D eigenvalue weighted by Gasteiger charge is -2.15. The summed E-state index contributed by atoms with van der Waals surface area (Å²) in [5, 5.41) is 2.86. The molecular formula is C22H26N2O4. The summed E-state index contributed by atoms with van der Waals surface area (Å²) in [7, 11) is 1.62. The molecule has 6 heteroatoms. The Balaban J connectivity index is 1.38. The highest BCUT2D eigenvalue weighted by molar-refractivity contribution is 5.96. The molecule has 1 fully saturated rings. The first-order chi connectivity index (χ1) is 13.7. The van der Waals surface area contributed by atoms with Gasteiger partial charge in [0.15, 0.2) is 0 Å². The molecule has 2 aromatic carbocycles. The molecule has 2 aromatic rings. The van der Waals surface area contributed by atoms with Gasteiger partial charge in [0.05, 0.1) is 13.7 Å². The predicted molar refractivity (Wildman–Crippen MR) is 108 cm³/mol. The van der Waals surface area contributed by atoms with Gasteiger partial charge in [-0.15, -0.1) is 0 Å². The van der Waals surface area contributed by atoms with Crippen LogP contribution >= 0.6 is 0 Å². The van der Waals surface area contributed by atoms with Gasteiger partial charge in [0.1, 0.15) is 11.5 Å². The molecule has 2 amide bonds. The molecule has 3 rings (SSSR count). The van der Waals surface area contributed by atoms with Gasteiger partial charge in [-0.1, -0.05) is 0 Å². The third-order valence-electron chi connectivity index (χ3n) is 4.69. The number of methoxy groups -OCH3 is 1. The molecule has 1 aliphatic heterocycles. The summed E-state index contributed by atoms with van der Waals surface area (Å²) in [6, 6.07) is 14.4. The molecule has 0 bridgehead atoms. The molecule has 0 spiro atoms. The Morgan fingerprint density at radius 3 is 2.25 bits per heavy atom. The SMILES string of the molecule is COc1ccc(OCCCC(=O)Nc2ccc(C(=O)N3CCCC3)cc2)cc1. The van der Waals surface area contributed by atoms with Crippen molar-refractivity contribution in [3.8, 4) is 11.5 Å². The average Bonchev–Trinajstić information content (AvgIpc) is 3.26. The minimum atomic E-state index is -0.0723. The van der Waals surface area contributed by atoms with Crippen molar-refractivity contribution in [2.24, 2.45) is 0 Å². The number of anilines is 1. The Labute approximate surface area is 165 Å². The Kier molecular flexibility index (Phi) is 6.89. The van der Waals surface area contributed by atoms with Crippen molar-refractivity contribution < 1.29 is 19.1 Å². The fourth-order valence-corrected chi connectivity index (χ4v) is 3.12. The molecule has 0 unspecified atom stereocenters. The van der Waals surface area contributed by atoms with Crippen LogP contribution in [0, 0.1) is 0 Å². The summed E-state index contributed by atoms with van der Waals surface area (Å²) < 4.78 is 10.7. The maximum Gasteiger partial charge on any atom is 0.253 e. The van der Waals surface area contributed by atoms with Crippen LogP contribution in [-0.2, 0) is 4.79 Å². The summed E-state index contributed by atoms with van der Waals surface area (Å²) in [6.07, 6.45) is 3.12. The van der Waals surface area contributed by atoms with Crippen LogP contribution in [0.5, 0.6) is 11.5 Å². The van der Waals surface area contributed by atoms with E-state index in [9.17, 15) is 9.59 Å². The van der Waals surface area contributed by atoms with E-state index >= 15 is 0 Å². The molecule has 1 heterocycles. The second kappa shape index (κ2) is 9.78. The molecular weight excluding hydrogens is 356 g/mol. The first-order valence-electron chi connectivity index (χ1n) is 9.62. The molecule has 0 radical (unpaired) electrons. The quantitative estimate of drug-likeness (QED) is 0.707. The molecule has 28 heavy (non-hydrogen) atoms. The van der Waals surface area contributed by atoms with E-state index < -0.39 is 0 Å². The van der Waals surface area contributed by atoms with Gasteiger partial charge >= 0.3 is 0 Å². The van der Waals surface area contributed by atoms with Gasteiger partial charge in [0.2, 0.25) is 5.91 Å². The highest BCUT2D eigenvalue weighted by Gasteiger charge is 2.19. The normalized spacial score (nSPS) is 13.2. The van der Waals surface area contributed by atoms with Gasteiger partial charge in [-0.2, -0.15) is 0 Å². The summed E-state index contributed by atoms with van der Waals surface area (Å²) in [4.78, 5) is 26.3. The summed E-state index contributed by atoms with van der Waals surface area (Å²) in [5.41, 5.74) is 1.35. The smallest absolute Gasteiger partial charge is 0.253 e. The van der Waals surface area contributed by atoms with E-state index in [-0.39, 0.29) is 11.8 Å². The lowest BCUT2D eigenvalue weighted by molar-refractivity contribution is -0.116. The third kappa shape index (κ3) is 5.49. The number of nitrogens with one attached hydrogen (secondary N) is 1. The number of hydrogen-bond donors (Lipinski definition) is 1. The molecule has 0 atom stereocenters. The van der Waals surface area contributed by atoms with Gasteiger partial charge in [-0.25, -0.2) is 0 Å². The standard InChI is InChI=1S/C22H26N2O4/c1-27-19-10-12-20(13-11-19)28-16-4-5-21(25)23-18-8-6-17(7-9-18)22(26)24-14-2-3-15-24/h6-13H,2-5,14-16H2,1H3,(H,23,25). The summed E-state index contributed by atoms with van der Waals surface area (Å²) >= 11 is 0. The largest absolute Gasteiger partial charge is 0.497 e. The highest BCUT2D eigenvalue weighted by Crippen LogP contribution is 2.18. The number of carbonyl (C=O) groups excluding carboxylic acids is 2. The first kappa shape index (κ1) is 19.7. The zero-order valence-corrected chi connectivity index (χ0v) is 16.1. The van der Waals surface area contributed by atoms with E-state index in [1.807, 2.05) is 29.2 Å². The van der Waals surface area contributed by atoms with Crippen LogP contribution in [0.4, 0.5) is 5.69 Å². The van der Waals surface area contributed by atoms with Crippen molar-refractivity contribution in [2.45, 2.75) is 25.7 Å². The van der Waals surface area contributed by atoms with Crippen molar-refractivity contribution in [2.75, 3.05) is 32.1 Å². The Morgan fingerprint density at radius 1 is 0.964 bits per heavy atom. The van der Waals surface area contributed by atoms with Crippen molar-refractivity contribution in [1.29, 1.82) is 0 Å². The van der Waals surface area contributed by atoms with Crippen LogP contribution < -0.4 is 14.8 Å². The van der Waals surface area contributed by atoms with Crippen LogP contribution in [0.1, 0.15) is 36.0 Å². The predicted octanol–water partition coefficient (Wildman–Crippen LogP) is 3.73. The monoisotopic (exact) mass is 382 g/mol. The number of ether oxygens (including phenoxy) is 2. The van der Waals surface area contributed by atoms with Crippen molar-refractivity contribution in [1.82, 2.24) is 4.90 Å². The third-order valence-corrected chi connectivity index (χ3v) is 4.69. The lowest BCUT2D eigenvalue weighted by atomic mass is 10.2. The molecule has 1 saturated heterocycles. The number of rotatable bonds is 8. The van der Waals surface area contributed by atoms with E-state index in [0.29, 0.717) is 30.7 Å². The second-order valence-corrected chi connectivity index (χ2v) is 6.75. The first-order valence-corrected chi connectivity index (χ1v) is 9.62. The second-order valence-electron chi connectivity index (χ2n) is 6.75. The fourth-order valence-electron chi connectivity index (χ4n) is 3.12. The van der Waals surface area contributed by atoms with Crippen LogP contribution in [0.25, 0.3) is 0 Å². The molecule has 1 aliphatic rings. The van der Waals surface area contributed by atoms with Crippen molar-refractivity contribution in [3.05, 3.63) is 54.1 Å². The van der Waals surface area contributed by atoms with Crippen LogP contribution in [-0.4, -0.2) is 43.5 Å². The van der Waals surface area contributed by atoms with E-state index in [1.54, 1.807) is 31.4 Å². The highest BCUT2D eigenvalue weighted by atomic mass is 16.5. The zero-order valence-electron chi connectivity index (χ0n) is 16.1. The summed E-state index contributed by atoms with van der Waals surface area (Å²) in [5.74, 6) is 1.52. The van der Waals surface area contributed by atoms with Crippen molar-refractivity contribution >= 4 is 17.5 Å². The molecule has 0 saturated carbocycles. The minimum absolute atomic E-state index is 0.0612.